The Morgan fingerprint density at radius 2 is 0.720 bits per heavy atom. The monoisotopic (exact) mass is 666 g/mol. The summed E-state index contributed by atoms with van der Waals surface area (Å²) < 4.78 is 2.36. The summed E-state index contributed by atoms with van der Waals surface area (Å²) in [6.07, 6.45) is 2.46. The first-order chi connectivity index (χ1) is 24.0. The molecule has 0 atom stereocenters. The number of carbonyl (C=O) groups excluding carboxylic acids is 4. The van der Waals surface area contributed by atoms with Crippen molar-refractivity contribution in [2.24, 2.45) is 0 Å². The van der Waals surface area contributed by atoms with Gasteiger partial charge in [0.15, 0.2) is 0 Å². The van der Waals surface area contributed by atoms with Gasteiger partial charge in [0.25, 0.3) is 34.7 Å². The average molecular weight is 667 g/mol. The van der Waals surface area contributed by atoms with Gasteiger partial charge in [0.1, 0.15) is 0 Å². The van der Waals surface area contributed by atoms with E-state index < -0.39 is 34.7 Å². The van der Waals surface area contributed by atoms with Crippen molar-refractivity contribution in [1.29, 1.82) is 0 Å². The van der Waals surface area contributed by atoms with E-state index in [0.29, 0.717) is 80.3 Å². The Hall–Kier alpha value is -5.90. The van der Waals surface area contributed by atoms with Crippen molar-refractivity contribution in [1.82, 2.24) is 19.2 Å². The summed E-state index contributed by atoms with van der Waals surface area (Å²) in [6, 6.07) is 12.4. The Morgan fingerprint density at radius 1 is 0.440 bits per heavy atom. The molecular formula is C40H34N4O6. The summed E-state index contributed by atoms with van der Waals surface area (Å²) in [5.74, 6) is -1.62. The molecule has 8 rings (SSSR count). The van der Waals surface area contributed by atoms with Gasteiger partial charge in [-0.25, -0.2) is 9.35 Å². The first-order valence-electron chi connectivity index (χ1n) is 17.0. The van der Waals surface area contributed by atoms with Crippen LogP contribution in [-0.2, 0) is 0 Å². The van der Waals surface area contributed by atoms with Gasteiger partial charge in [0.05, 0.1) is 21.5 Å². The quantitative estimate of drug-likeness (QED) is 0.227. The minimum absolute atomic E-state index is 0.170. The fourth-order valence-corrected chi connectivity index (χ4v) is 8.34. The lowest BCUT2D eigenvalue weighted by atomic mass is 9.89. The van der Waals surface area contributed by atoms with Crippen molar-refractivity contribution in [3.63, 3.8) is 0 Å². The highest BCUT2D eigenvalue weighted by atomic mass is 16.2. The number of carbonyl (C=O) groups is 4. The van der Waals surface area contributed by atoms with E-state index in [1.54, 1.807) is 48.5 Å². The van der Waals surface area contributed by atoms with Gasteiger partial charge in [0.2, 0.25) is 0 Å². The second-order valence-corrected chi connectivity index (χ2v) is 13.2. The molecule has 0 saturated carbocycles. The van der Waals surface area contributed by atoms with Gasteiger partial charge in [-0.1, -0.05) is 53.0 Å². The molecule has 10 heteroatoms. The predicted molar refractivity (Wildman–Crippen MR) is 193 cm³/mol. The standard InChI is InChI=1S/C40H34N4O6/c1-7-21(8-2)41-35(45)25-13-11-23-19(5)43(39(49)29-17-15-27(37(41)47)33(25)31(23)29)44-20(6)24-12-14-26-34-28(16-18-30(32(24)34)40(44)50)38(48)42(36(26)46)22(9-3)10-4/h11-18,21-22H,5-10H2,1-4H3. The van der Waals surface area contributed by atoms with E-state index in [4.69, 9.17) is 0 Å². The number of hydrogen-bond donors (Lipinski definition) is 0. The zero-order chi connectivity index (χ0) is 35.5. The van der Waals surface area contributed by atoms with Crippen LogP contribution in [0.15, 0.2) is 58.1 Å². The van der Waals surface area contributed by atoms with Gasteiger partial charge in [-0.05, 0) is 62.1 Å². The summed E-state index contributed by atoms with van der Waals surface area (Å²) in [5, 5.41) is 3.41. The van der Waals surface area contributed by atoms with Crippen LogP contribution in [0.4, 0.5) is 0 Å². The lowest BCUT2D eigenvalue weighted by Crippen LogP contribution is -2.50. The Kier molecular flexibility index (Phi) is 6.78. The van der Waals surface area contributed by atoms with Gasteiger partial charge >= 0.3 is 0 Å². The number of rotatable bonds is 7. The smallest absolute Gasteiger partial charge is 0.271 e. The summed E-state index contributed by atoms with van der Waals surface area (Å²) in [4.78, 5) is 86.6. The highest BCUT2D eigenvalue weighted by Crippen LogP contribution is 2.37. The van der Waals surface area contributed by atoms with Gasteiger partial charge in [-0.15, -0.1) is 0 Å². The van der Waals surface area contributed by atoms with Crippen molar-refractivity contribution < 1.29 is 19.2 Å². The normalized spacial score (nSPS) is 14.7. The fourth-order valence-electron chi connectivity index (χ4n) is 8.34. The maximum atomic E-state index is 14.5. The van der Waals surface area contributed by atoms with Gasteiger partial charge < -0.3 is 0 Å². The van der Waals surface area contributed by atoms with E-state index in [0.717, 1.165) is 0 Å². The molecule has 2 aromatic heterocycles. The number of pyridine rings is 2. The van der Waals surface area contributed by atoms with Crippen LogP contribution in [0.5, 0.6) is 0 Å². The van der Waals surface area contributed by atoms with Crippen molar-refractivity contribution >= 4 is 79.9 Å². The molecule has 250 valence electrons. The highest BCUT2D eigenvalue weighted by molar-refractivity contribution is 6.31. The van der Waals surface area contributed by atoms with Crippen LogP contribution in [0, 0.1) is 0 Å². The Labute approximate surface area is 285 Å². The largest absolute Gasteiger partial charge is 0.278 e. The molecule has 4 aromatic carbocycles. The van der Waals surface area contributed by atoms with Crippen LogP contribution in [0.3, 0.4) is 0 Å². The van der Waals surface area contributed by atoms with Gasteiger partial charge in [-0.3, -0.25) is 38.6 Å². The zero-order valence-electron chi connectivity index (χ0n) is 28.3. The molecule has 0 aliphatic carbocycles. The van der Waals surface area contributed by atoms with E-state index in [1.807, 2.05) is 27.7 Å². The average Bonchev–Trinajstić information content (AvgIpc) is 3.12. The molecule has 0 N–H and O–H groups in total. The molecule has 50 heavy (non-hydrogen) atoms. The fraction of sp³-hybridized carbons (Fsp3) is 0.250. The van der Waals surface area contributed by atoms with Gasteiger partial charge in [-0.2, -0.15) is 0 Å². The molecule has 0 bridgehead atoms. The Balaban J connectivity index is 1.40. The van der Waals surface area contributed by atoms with E-state index in [9.17, 15) is 28.8 Å². The number of aromatic nitrogens is 2. The molecule has 0 radical (unpaired) electrons. The third-order valence-electron chi connectivity index (χ3n) is 10.9. The Morgan fingerprint density at radius 3 is 1.00 bits per heavy atom. The number of amides is 4. The van der Waals surface area contributed by atoms with Crippen molar-refractivity contribution in [2.45, 2.75) is 65.5 Å². The van der Waals surface area contributed by atoms with Crippen molar-refractivity contribution in [3.8, 4) is 0 Å². The van der Waals surface area contributed by atoms with E-state index >= 15 is 0 Å². The first kappa shape index (κ1) is 31.4. The molecule has 0 unspecified atom stereocenters. The van der Waals surface area contributed by atoms with Crippen LogP contribution < -0.4 is 21.8 Å². The van der Waals surface area contributed by atoms with E-state index in [2.05, 4.69) is 13.2 Å². The van der Waals surface area contributed by atoms with Crippen LogP contribution in [0.25, 0.3) is 56.2 Å². The van der Waals surface area contributed by atoms with Crippen molar-refractivity contribution in [3.05, 3.63) is 102 Å². The molecular weight excluding hydrogens is 632 g/mol. The summed E-state index contributed by atoms with van der Waals surface area (Å²) >= 11 is 0. The molecule has 0 saturated heterocycles. The minimum atomic E-state index is -0.580. The van der Waals surface area contributed by atoms with Gasteiger partial charge in [0, 0.05) is 66.7 Å². The number of benzene rings is 4. The molecule has 2 aliphatic heterocycles. The van der Waals surface area contributed by atoms with E-state index in [1.165, 1.54) is 19.2 Å². The number of imide groups is 2. The molecule has 6 aromatic rings. The third-order valence-corrected chi connectivity index (χ3v) is 10.9. The summed E-state index contributed by atoms with van der Waals surface area (Å²) in [7, 11) is 0. The lowest BCUT2D eigenvalue weighted by molar-refractivity contribution is 0.0514. The van der Waals surface area contributed by atoms with Crippen LogP contribution in [0.2, 0.25) is 0 Å². The zero-order valence-corrected chi connectivity index (χ0v) is 28.3. The topological polar surface area (TPSA) is 119 Å². The molecule has 0 fully saturated rings. The lowest BCUT2D eigenvalue weighted by Gasteiger charge is -2.33. The summed E-state index contributed by atoms with van der Waals surface area (Å²) in [5.41, 5.74) is 0.173. The summed E-state index contributed by atoms with van der Waals surface area (Å²) in [6.45, 7) is 16.2. The van der Waals surface area contributed by atoms with Crippen molar-refractivity contribution in [2.75, 3.05) is 0 Å². The SMILES string of the molecule is C=c1c2ccc3c4c(ccc(c(=O)n1-n1c(=C)c5ccc6c7c(ccc(c1=O)c75)C(=O)N(C(CC)CC)C6=O)c42)C(=O)N(C(CC)CC)C3=O. The first-order valence-corrected chi connectivity index (χ1v) is 17.0. The minimum Gasteiger partial charge on any atom is -0.271 e. The Bertz CT molecular complexity index is 2430. The molecule has 10 nitrogen and oxygen atoms in total. The third kappa shape index (κ3) is 3.73. The van der Waals surface area contributed by atoms with Crippen LogP contribution >= 0.6 is 0 Å². The molecule has 0 spiro atoms. The van der Waals surface area contributed by atoms with E-state index in [-0.39, 0.29) is 33.6 Å². The number of nitrogens with zero attached hydrogens (tertiary/aromatic N) is 4. The highest BCUT2D eigenvalue weighted by Gasteiger charge is 2.39. The maximum Gasteiger partial charge on any atom is 0.278 e. The van der Waals surface area contributed by atoms with Crippen LogP contribution in [0.1, 0.15) is 94.8 Å². The molecule has 2 aliphatic rings. The maximum absolute atomic E-state index is 14.5. The second kappa shape index (κ2) is 10.8. The predicted octanol–water partition coefficient (Wildman–Crippen LogP) is 4.76. The number of hydrogen-bond acceptors (Lipinski definition) is 6. The molecule has 4 amide bonds. The second-order valence-electron chi connectivity index (χ2n) is 13.2. The van der Waals surface area contributed by atoms with Crippen LogP contribution in [-0.4, -0.2) is 54.9 Å². The molecule has 4 heterocycles.